The summed E-state index contributed by atoms with van der Waals surface area (Å²) in [5.41, 5.74) is 8.02. The molecule has 160 valence electrons. The van der Waals surface area contributed by atoms with Crippen LogP contribution in [-0.4, -0.2) is 22.6 Å². The molecule has 2 aromatic carbocycles. The summed E-state index contributed by atoms with van der Waals surface area (Å²) >= 11 is 0. The number of hydrogen-bond donors (Lipinski definition) is 1. The lowest BCUT2D eigenvalue weighted by Gasteiger charge is -2.31. The Morgan fingerprint density at radius 3 is 1.14 bits per heavy atom. The van der Waals surface area contributed by atoms with Crippen LogP contribution >= 0.6 is 15.8 Å². The normalized spacial score (nSPS) is 12.3. The van der Waals surface area contributed by atoms with Gasteiger partial charge in [0, 0.05) is 22.0 Å². The maximum absolute atomic E-state index is 3.91. The third-order valence-corrected chi connectivity index (χ3v) is 11.7. The first-order chi connectivity index (χ1) is 13.5. The minimum atomic E-state index is -0.220. The third-order valence-electron chi connectivity index (χ3n) is 5.36. The molecule has 29 heavy (non-hydrogen) atoms. The maximum Gasteiger partial charge on any atom is 0.0462 e. The van der Waals surface area contributed by atoms with Crippen LogP contribution in [0.15, 0.2) is 36.4 Å². The Kier molecular flexibility index (Phi) is 8.75. The van der Waals surface area contributed by atoms with Gasteiger partial charge in [-0.05, 0) is 60.7 Å². The van der Waals surface area contributed by atoms with Gasteiger partial charge in [-0.25, -0.2) is 0 Å². The smallest absolute Gasteiger partial charge is 0.0462 e. The van der Waals surface area contributed by atoms with E-state index in [-0.39, 0.29) is 15.8 Å². The summed E-state index contributed by atoms with van der Waals surface area (Å²) in [5, 5.41) is 6.95. The van der Waals surface area contributed by atoms with E-state index in [0.717, 1.165) is 0 Å². The van der Waals surface area contributed by atoms with Gasteiger partial charge in [-0.2, -0.15) is 0 Å². The van der Waals surface area contributed by atoms with Gasteiger partial charge >= 0.3 is 0 Å². The highest BCUT2D eigenvalue weighted by molar-refractivity contribution is 7.67. The molecule has 0 spiro atoms. The molecular formula is C26H41NP2. The van der Waals surface area contributed by atoms with Gasteiger partial charge in [-0.3, -0.25) is 0 Å². The van der Waals surface area contributed by atoms with Crippen molar-refractivity contribution < 1.29 is 0 Å². The highest BCUT2D eigenvalue weighted by Crippen LogP contribution is 2.49. The number of aryl methyl sites for hydroxylation is 2. The first kappa shape index (κ1) is 24.4. The van der Waals surface area contributed by atoms with E-state index in [9.17, 15) is 0 Å². The molecule has 1 nitrogen and oxygen atoms in total. The first-order valence-corrected chi connectivity index (χ1v) is 14.0. The standard InChI is InChI=1S/C26H41NP2/c1-17(2)28(18(3)4)25-15-21(9)11-13-23(25)27-24-14-12-22(10)16-26(24)29(19(5)6)20(7)8/h11-20,27H,1-10H3. The van der Waals surface area contributed by atoms with Crippen molar-refractivity contribution >= 4 is 37.8 Å². The van der Waals surface area contributed by atoms with Crippen molar-refractivity contribution in [3.63, 3.8) is 0 Å². The van der Waals surface area contributed by atoms with E-state index in [1.165, 1.54) is 33.1 Å². The molecule has 0 aliphatic rings. The number of hydrogen-bond acceptors (Lipinski definition) is 1. The van der Waals surface area contributed by atoms with Crippen LogP contribution in [0.25, 0.3) is 0 Å². The fraction of sp³-hybridized carbons (Fsp3) is 0.538. The fourth-order valence-electron chi connectivity index (χ4n) is 4.37. The molecule has 0 amide bonds. The molecule has 0 aliphatic heterocycles. The largest absolute Gasteiger partial charge is 0.354 e. The van der Waals surface area contributed by atoms with E-state index >= 15 is 0 Å². The van der Waals surface area contributed by atoms with E-state index in [2.05, 4.69) is 111 Å². The van der Waals surface area contributed by atoms with Gasteiger partial charge in [0.1, 0.15) is 0 Å². The second kappa shape index (κ2) is 10.4. The Morgan fingerprint density at radius 1 is 0.552 bits per heavy atom. The molecule has 2 aromatic rings. The molecular weight excluding hydrogens is 388 g/mol. The maximum atomic E-state index is 3.91. The van der Waals surface area contributed by atoms with E-state index in [4.69, 9.17) is 0 Å². The lowest BCUT2D eigenvalue weighted by molar-refractivity contribution is 1.02. The van der Waals surface area contributed by atoms with E-state index in [0.29, 0.717) is 22.6 Å². The molecule has 0 saturated heterocycles. The number of benzene rings is 2. The third kappa shape index (κ3) is 6.06. The van der Waals surface area contributed by atoms with Crippen LogP contribution in [0.4, 0.5) is 11.4 Å². The highest BCUT2D eigenvalue weighted by Gasteiger charge is 2.25. The molecule has 0 heterocycles. The summed E-state index contributed by atoms with van der Waals surface area (Å²) in [4.78, 5) is 0. The van der Waals surface area contributed by atoms with Crippen LogP contribution in [-0.2, 0) is 0 Å². The van der Waals surface area contributed by atoms with Crippen LogP contribution in [0.1, 0.15) is 66.5 Å². The summed E-state index contributed by atoms with van der Waals surface area (Å²) < 4.78 is 0. The number of rotatable bonds is 8. The van der Waals surface area contributed by atoms with Crippen molar-refractivity contribution in [3.05, 3.63) is 47.5 Å². The zero-order valence-corrected chi connectivity index (χ0v) is 22.0. The fourth-order valence-corrected chi connectivity index (χ4v) is 10.5. The summed E-state index contributed by atoms with van der Waals surface area (Å²) in [5.74, 6) is 0. The second-order valence-corrected chi connectivity index (χ2v) is 16.1. The molecule has 0 unspecified atom stereocenters. The second-order valence-electron chi connectivity index (χ2n) is 9.36. The van der Waals surface area contributed by atoms with Crippen molar-refractivity contribution in [2.45, 2.75) is 91.9 Å². The quantitative estimate of drug-likeness (QED) is 0.421. The van der Waals surface area contributed by atoms with Crippen molar-refractivity contribution in [2.75, 3.05) is 5.32 Å². The molecule has 0 bridgehead atoms. The van der Waals surface area contributed by atoms with E-state index in [1.54, 1.807) is 0 Å². The van der Waals surface area contributed by atoms with Crippen molar-refractivity contribution in [1.82, 2.24) is 0 Å². The van der Waals surface area contributed by atoms with Gasteiger partial charge in [-0.15, -0.1) is 0 Å². The molecule has 2 rings (SSSR count). The van der Waals surface area contributed by atoms with Crippen LogP contribution < -0.4 is 15.9 Å². The molecule has 0 radical (unpaired) electrons. The number of anilines is 2. The monoisotopic (exact) mass is 429 g/mol. The highest BCUT2D eigenvalue weighted by atomic mass is 31.1. The topological polar surface area (TPSA) is 12.0 Å². The lowest BCUT2D eigenvalue weighted by Crippen LogP contribution is -2.22. The molecule has 0 aromatic heterocycles. The summed E-state index contributed by atoms with van der Waals surface area (Å²) in [6, 6.07) is 14.0. The predicted octanol–water partition coefficient (Wildman–Crippen LogP) is 7.90. The van der Waals surface area contributed by atoms with Crippen molar-refractivity contribution in [2.24, 2.45) is 0 Å². The SMILES string of the molecule is Cc1ccc(Nc2ccc(C)cc2P(C(C)C)C(C)C)c(P(C(C)C)C(C)C)c1. The number of nitrogens with one attached hydrogen (secondary N) is 1. The Labute approximate surface area is 182 Å². The van der Waals surface area contributed by atoms with E-state index < -0.39 is 0 Å². The molecule has 3 heteroatoms. The Morgan fingerprint density at radius 2 is 0.862 bits per heavy atom. The van der Waals surface area contributed by atoms with Crippen LogP contribution in [0.5, 0.6) is 0 Å². The van der Waals surface area contributed by atoms with E-state index in [1.807, 2.05) is 0 Å². The van der Waals surface area contributed by atoms with Crippen LogP contribution in [0.3, 0.4) is 0 Å². The summed E-state index contributed by atoms with van der Waals surface area (Å²) in [6.45, 7) is 23.5. The zero-order valence-electron chi connectivity index (χ0n) is 20.2. The van der Waals surface area contributed by atoms with Gasteiger partial charge in [0.15, 0.2) is 0 Å². The Balaban J connectivity index is 2.58. The minimum Gasteiger partial charge on any atom is -0.354 e. The molecule has 0 fully saturated rings. The average Bonchev–Trinajstić information content (AvgIpc) is 2.58. The molecule has 1 N–H and O–H groups in total. The molecule has 0 atom stereocenters. The lowest BCUT2D eigenvalue weighted by atomic mass is 10.2. The summed E-state index contributed by atoms with van der Waals surface area (Å²) in [7, 11) is -0.440. The average molecular weight is 430 g/mol. The van der Waals surface area contributed by atoms with Gasteiger partial charge in [0.25, 0.3) is 0 Å². The van der Waals surface area contributed by atoms with Crippen LogP contribution in [0, 0.1) is 13.8 Å². The predicted molar refractivity (Wildman–Crippen MR) is 139 cm³/mol. The Bertz CT molecular complexity index is 725. The Hall–Kier alpha value is -0.900. The summed E-state index contributed by atoms with van der Waals surface area (Å²) in [6.07, 6.45) is 0. The molecule has 0 aliphatic carbocycles. The zero-order chi connectivity index (χ0) is 21.9. The molecule has 0 saturated carbocycles. The van der Waals surface area contributed by atoms with Gasteiger partial charge in [0.05, 0.1) is 0 Å². The van der Waals surface area contributed by atoms with Gasteiger partial charge < -0.3 is 5.32 Å². The first-order valence-electron chi connectivity index (χ1n) is 11.1. The van der Waals surface area contributed by atoms with Gasteiger partial charge in [0.2, 0.25) is 0 Å². The van der Waals surface area contributed by atoms with Crippen molar-refractivity contribution in [1.29, 1.82) is 0 Å². The van der Waals surface area contributed by atoms with Crippen LogP contribution in [0.2, 0.25) is 0 Å². The van der Waals surface area contributed by atoms with Gasteiger partial charge in [-0.1, -0.05) is 94.5 Å². The minimum absolute atomic E-state index is 0.220. The van der Waals surface area contributed by atoms with Crippen molar-refractivity contribution in [3.8, 4) is 0 Å².